The first-order valence-corrected chi connectivity index (χ1v) is 5.71. The Labute approximate surface area is 98.0 Å². The third kappa shape index (κ3) is 2.09. The molecule has 0 bridgehead atoms. The maximum atomic E-state index is 12.5. The molecule has 1 N–H and O–H groups in total. The number of fused-ring (bicyclic) bond motifs is 1. The van der Waals surface area contributed by atoms with Crippen LogP contribution >= 0.6 is 0 Å². The molecule has 2 aliphatic heterocycles. The average molecular weight is 266 g/mol. The van der Waals surface area contributed by atoms with Crippen molar-refractivity contribution in [2.24, 2.45) is 0 Å². The van der Waals surface area contributed by atoms with E-state index in [0.717, 1.165) is 17.2 Å². The SMILES string of the molecule is CN1C=C(S(=O)O)N2C=C(C(F)(F)F)C=CC12. The molecule has 0 saturated heterocycles. The molecule has 2 aliphatic rings. The molecule has 0 radical (unpaired) electrons. The first-order chi connectivity index (χ1) is 7.80. The minimum Gasteiger partial charge on any atom is -0.354 e. The second-order valence-corrected chi connectivity index (χ2v) is 4.56. The summed E-state index contributed by atoms with van der Waals surface area (Å²) in [5.74, 6) is 0. The van der Waals surface area contributed by atoms with E-state index in [1.54, 1.807) is 11.9 Å². The fourth-order valence-corrected chi connectivity index (χ4v) is 2.30. The minimum atomic E-state index is -4.47. The van der Waals surface area contributed by atoms with Crippen molar-refractivity contribution < 1.29 is 21.9 Å². The molecule has 0 aromatic rings. The van der Waals surface area contributed by atoms with Crippen LogP contribution in [0.1, 0.15) is 0 Å². The summed E-state index contributed by atoms with van der Waals surface area (Å²) in [6, 6.07) is 0. The van der Waals surface area contributed by atoms with Crippen molar-refractivity contribution in [3.8, 4) is 0 Å². The van der Waals surface area contributed by atoms with E-state index >= 15 is 0 Å². The van der Waals surface area contributed by atoms with Gasteiger partial charge in [-0.3, -0.25) is 0 Å². The second kappa shape index (κ2) is 3.88. The minimum absolute atomic E-state index is 0.0661. The molecule has 0 aromatic heterocycles. The molecule has 0 spiro atoms. The lowest BCUT2D eigenvalue weighted by Gasteiger charge is -2.30. The van der Waals surface area contributed by atoms with Crippen molar-refractivity contribution in [2.75, 3.05) is 7.05 Å². The van der Waals surface area contributed by atoms with Crippen molar-refractivity contribution in [3.63, 3.8) is 0 Å². The topological polar surface area (TPSA) is 43.8 Å². The van der Waals surface area contributed by atoms with Crippen LogP contribution in [-0.2, 0) is 11.1 Å². The van der Waals surface area contributed by atoms with Crippen LogP contribution in [0.3, 0.4) is 0 Å². The van der Waals surface area contributed by atoms with Gasteiger partial charge in [0, 0.05) is 19.4 Å². The van der Waals surface area contributed by atoms with E-state index in [4.69, 9.17) is 4.55 Å². The van der Waals surface area contributed by atoms with Crippen LogP contribution in [0.15, 0.2) is 35.2 Å². The summed E-state index contributed by atoms with van der Waals surface area (Å²) in [5, 5.41) is -0.0661. The maximum absolute atomic E-state index is 12.5. The number of hydrogen-bond acceptors (Lipinski definition) is 3. The summed E-state index contributed by atoms with van der Waals surface area (Å²) in [7, 11) is 1.62. The third-order valence-corrected chi connectivity index (χ3v) is 3.18. The van der Waals surface area contributed by atoms with Crippen LogP contribution in [0.5, 0.6) is 0 Å². The van der Waals surface area contributed by atoms with Gasteiger partial charge >= 0.3 is 6.18 Å². The van der Waals surface area contributed by atoms with Gasteiger partial charge in [0.05, 0.1) is 5.57 Å². The highest BCUT2D eigenvalue weighted by molar-refractivity contribution is 7.83. The first kappa shape index (κ1) is 12.2. The molecule has 2 rings (SSSR count). The van der Waals surface area contributed by atoms with Crippen LogP contribution in [0.25, 0.3) is 0 Å². The summed E-state index contributed by atoms with van der Waals surface area (Å²) >= 11 is -2.32. The quantitative estimate of drug-likeness (QED) is 0.732. The van der Waals surface area contributed by atoms with Gasteiger partial charge in [-0.1, -0.05) is 0 Å². The largest absolute Gasteiger partial charge is 0.417 e. The standard InChI is InChI=1S/C9H9F3N2O2S/c1-13-5-8(17(15)16)14-4-6(9(10,11)12)2-3-7(13)14/h2-5,7H,1H3,(H,15,16). The third-order valence-electron chi connectivity index (χ3n) is 2.50. The Morgan fingerprint density at radius 3 is 2.59 bits per heavy atom. The van der Waals surface area contributed by atoms with Crippen LogP contribution in [0.4, 0.5) is 13.2 Å². The average Bonchev–Trinajstić information content (AvgIpc) is 2.54. The van der Waals surface area contributed by atoms with E-state index in [1.165, 1.54) is 12.3 Å². The zero-order valence-corrected chi connectivity index (χ0v) is 9.50. The molecule has 8 heteroatoms. The molecule has 17 heavy (non-hydrogen) atoms. The first-order valence-electron chi connectivity index (χ1n) is 4.61. The van der Waals surface area contributed by atoms with Gasteiger partial charge in [0.2, 0.25) is 11.1 Å². The lowest BCUT2D eigenvalue weighted by molar-refractivity contribution is -0.0897. The molecule has 0 fully saturated rings. The van der Waals surface area contributed by atoms with Gasteiger partial charge in [0.15, 0.2) is 5.03 Å². The lowest BCUT2D eigenvalue weighted by atomic mass is 10.2. The maximum Gasteiger partial charge on any atom is 0.417 e. The highest BCUT2D eigenvalue weighted by atomic mass is 32.2. The highest BCUT2D eigenvalue weighted by Gasteiger charge is 2.39. The predicted molar refractivity (Wildman–Crippen MR) is 55.5 cm³/mol. The number of halogens is 3. The van der Waals surface area contributed by atoms with E-state index in [2.05, 4.69) is 0 Å². The Morgan fingerprint density at radius 1 is 1.41 bits per heavy atom. The van der Waals surface area contributed by atoms with Crippen LogP contribution in [0, 0.1) is 0 Å². The molecule has 2 heterocycles. The number of allylic oxidation sites excluding steroid dienone is 2. The van der Waals surface area contributed by atoms with Crippen molar-refractivity contribution in [3.05, 3.63) is 35.2 Å². The zero-order chi connectivity index (χ0) is 12.8. The summed E-state index contributed by atoms with van der Waals surface area (Å²) in [4.78, 5) is 2.70. The van der Waals surface area contributed by atoms with Crippen molar-refractivity contribution in [2.45, 2.75) is 12.3 Å². The molecule has 2 unspecified atom stereocenters. The Kier molecular flexibility index (Phi) is 2.78. The fourth-order valence-electron chi connectivity index (χ4n) is 1.70. The van der Waals surface area contributed by atoms with Crippen molar-refractivity contribution in [1.82, 2.24) is 9.80 Å². The van der Waals surface area contributed by atoms with E-state index in [1.807, 2.05) is 0 Å². The molecule has 0 aromatic carbocycles. The summed E-state index contributed by atoms with van der Waals surface area (Å²) < 4.78 is 57.5. The van der Waals surface area contributed by atoms with Gasteiger partial charge in [0.25, 0.3) is 0 Å². The number of hydrogen-bond donors (Lipinski definition) is 1. The number of nitrogens with zero attached hydrogens (tertiary/aromatic N) is 2. The summed E-state index contributed by atoms with van der Waals surface area (Å²) in [5.41, 5.74) is -0.847. The van der Waals surface area contributed by atoms with Gasteiger partial charge in [-0.2, -0.15) is 13.2 Å². The normalized spacial score (nSPS) is 25.6. The number of alkyl halides is 3. The van der Waals surface area contributed by atoms with Gasteiger partial charge in [0.1, 0.15) is 6.17 Å². The number of rotatable bonds is 1. The van der Waals surface area contributed by atoms with Gasteiger partial charge < -0.3 is 14.4 Å². The van der Waals surface area contributed by atoms with E-state index < -0.39 is 29.0 Å². The Balaban J connectivity index is 2.37. The smallest absolute Gasteiger partial charge is 0.354 e. The second-order valence-electron chi connectivity index (χ2n) is 3.64. The lowest BCUT2D eigenvalue weighted by Crippen LogP contribution is -2.36. The summed E-state index contributed by atoms with van der Waals surface area (Å²) in [6.07, 6.45) is -0.458. The van der Waals surface area contributed by atoms with Crippen LogP contribution in [-0.4, -0.2) is 38.0 Å². The Morgan fingerprint density at radius 2 is 2.06 bits per heavy atom. The highest BCUT2D eigenvalue weighted by Crippen LogP contribution is 2.34. The monoisotopic (exact) mass is 266 g/mol. The Hall–Kier alpha value is -1.28. The molecular formula is C9H9F3N2O2S. The van der Waals surface area contributed by atoms with E-state index in [0.29, 0.717) is 0 Å². The van der Waals surface area contributed by atoms with Crippen LogP contribution in [0.2, 0.25) is 0 Å². The van der Waals surface area contributed by atoms with Gasteiger partial charge in [-0.25, -0.2) is 4.21 Å². The molecule has 0 amide bonds. The number of likely N-dealkylation sites (N-methyl/N-ethyl adjacent to an activating group) is 1. The van der Waals surface area contributed by atoms with E-state index in [9.17, 15) is 17.4 Å². The van der Waals surface area contributed by atoms with Crippen molar-refractivity contribution >= 4 is 11.1 Å². The molecule has 4 nitrogen and oxygen atoms in total. The van der Waals surface area contributed by atoms with Crippen LogP contribution < -0.4 is 0 Å². The fraction of sp³-hybridized carbons (Fsp3) is 0.333. The Bertz CT molecular complexity index is 456. The molecule has 2 atom stereocenters. The molecule has 0 saturated carbocycles. The summed E-state index contributed by atoms with van der Waals surface area (Å²) in [6.45, 7) is 0. The van der Waals surface area contributed by atoms with Crippen molar-refractivity contribution in [1.29, 1.82) is 0 Å². The van der Waals surface area contributed by atoms with Gasteiger partial charge in [-0.05, 0) is 12.2 Å². The zero-order valence-electron chi connectivity index (χ0n) is 8.68. The molecule has 94 valence electrons. The predicted octanol–water partition coefficient (Wildman–Crippen LogP) is 1.60. The molecular weight excluding hydrogens is 257 g/mol. The molecule has 0 aliphatic carbocycles. The van der Waals surface area contributed by atoms with Gasteiger partial charge in [-0.15, -0.1) is 0 Å². The van der Waals surface area contributed by atoms with E-state index in [-0.39, 0.29) is 5.03 Å².